The zero-order chi connectivity index (χ0) is 13.1. The molecule has 1 saturated carbocycles. The van der Waals surface area contributed by atoms with E-state index in [9.17, 15) is 4.39 Å². The molecule has 0 bridgehead atoms. The summed E-state index contributed by atoms with van der Waals surface area (Å²) in [5.74, 6) is 1.57. The molecule has 19 heavy (non-hydrogen) atoms. The first-order valence-corrected chi connectivity index (χ1v) is 7.43. The smallest absolute Gasteiger partial charge is 0.165 e. The second kappa shape index (κ2) is 5.91. The van der Waals surface area contributed by atoms with Crippen LogP contribution < -0.4 is 10.1 Å². The molecule has 0 amide bonds. The molecule has 3 rings (SSSR count). The highest BCUT2D eigenvalue weighted by atomic mass is 19.1. The van der Waals surface area contributed by atoms with Crippen LogP contribution in [0.4, 0.5) is 4.39 Å². The number of hydrogen-bond acceptors (Lipinski definition) is 2. The van der Waals surface area contributed by atoms with Crippen LogP contribution in [0.15, 0.2) is 18.2 Å². The van der Waals surface area contributed by atoms with Gasteiger partial charge in [0.05, 0.1) is 6.61 Å². The summed E-state index contributed by atoms with van der Waals surface area (Å²) >= 11 is 0. The largest absolute Gasteiger partial charge is 0.490 e. The summed E-state index contributed by atoms with van der Waals surface area (Å²) in [6.07, 6.45) is 5.84. The van der Waals surface area contributed by atoms with Crippen molar-refractivity contribution in [3.8, 4) is 5.75 Å². The van der Waals surface area contributed by atoms with Crippen LogP contribution in [0.3, 0.4) is 0 Å². The van der Waals surface area contributed by atoms with E-state index < -0.39 is 0 Å². The Morgan fingerprint density at radius 3 is 2.58 bits per heavy atom. The molecule has 0 atom stereocenters. The lowest BCUT2D eigenvalue weighted by Gasteiger charge is -2.22. The lowest BCUT2D eigenvalue weighted by molar-refractivity contribution is 0.285. The Morgan fingerprint density at radius 1 is 1.11 bits per heavy atom. The number of benzene rings is 1. The van der Waals surface area contributed by atoms with E-state index in [1.807, 2.05) is 6.07 Å². The molecule has 1 heterocycles. The monoisotopic (exact) mass is 263 g/mol. The van der Waals surface area contributed by atoms with Crippen LogP contribution in [0.5, 0.6) is 5.75 Å². The molecule has 0 aromatic heterocycles. The molecule has 1 aliphatic heterocycles. The third kappa shape index (κ3) is 3.69. The van der Waals surface area contributed by atoms with Gasteiger partial charge in [-0.15, -0.1) is 0 Å². The standard InChI is InChI=1S/C16H22FNO/c17-15-10-14(9-12-5-7-18-8-6-12)3-4-16(15)19-11-13-1-2-13/h3-4,10,12-13,18H,1-2,5-9,11H2. The third-order valence-electron chi connectivity index (χ3n) is 4.15. The lowest BCUT2D eigenvalue weighted by Crippen LogP contribution is -2.28. The topological polar surface area (TPSA) is 21.3 Å². The Labute approximate surface area is 114 Å². The van der Waals surface area contributed by atoms with E-state index in [1.54, 1.807) is 12.1 Å². The van der Waals surface area contributed by atoms with Gasteiger partial charge in [-0.25, -0.2) is 4.39 Å². The van der Waals surface area contributed by atoms with E-state index >= 15 is 0 Å². The van der Waals surface area contributed by atoms with Crippen LogP contribution in [-0.4, -0.2) is 19.7 Å². The van der Waals surface area contributed by atoms with Crippen LogP contribution in [-0.2, 0) is 6.42 Å². The van der Waals surface area contributed by atoms with E-state index in [2.05, 4.69) is 5.32 Å². The average Bonchev–Trinajstić information content (AvgIpc) is 3.23. The Balaban J connectivity index is 1.57. The van der Waals surface area contributed by atoms with Gasteiger partial charge in [-0.1, -0.05) is 6.07 Å². The summed E-state index contributed by atoms with van der Waals surface area (Å²) in [5, 5.41) is 3.36. The van der Waals surface area contributed by atoms with Gasteiger partial charge < -0.3 is 10.1 Å². The molecule has 0 unspecified atom stereocenters. The summed E-state index contributed by atoms with van der Waals surface area (Å²) in [7, 11) is 0. The zero-order valence-electron chi connectivity index (χ0n) is 11.3. The van der Waals surface area contributed by atoms with Gasteiger partial charge in [0.15, 0.2) is 11.6 Å². The third-order valence-corrected chi connectivity index (χ3v) is 4.15. The fraction of sp³-hybridized carbons (Fsp3) is 0.625. The maximum atomic E-state index is 13.9. The first-order chi connectivity index (χ1) is 9.31. The van der Waals surface area contributed by atoms with Gasteiger partial charge in [-0.05, 0) is 74.7 Å². The number of rotatable bonds is 5. The van der Waals surface area contributed by atoms with Crippen molar-refractivity contribution in [1.29, 1.82) is 0 Å². The van der Waals surface area contributed by atoms with Crippen molar-refractivity contribution in [1.82, 2.24) is 5.32 Å². The number of hydrogen-bond donors (Lipinski definition) is 1. The second-order valence-corrected chi connectivity index (χ2v) is 5.92. The SMILES string of the molecule is Fc1cc(CC2CCNCC2)ccc1OCC1CC1. The van der Waals surface area contributed by atoms with Crippen molar-refractivity contribution in [2.75, 3.05) is 19.7 Å². The minimum Gasteiger partial charge on any atom is -0.490 e. The Kier molecular flexibility index (Phi) is 4.02. The zero-order valence-corrected chi connectivity index (χ0v) is 11.3. The number of halogens is 1. The average molecular weight is 263 g/mol. The molecule has 2 nitrogen and oxygen atoms in total. The van der Waals surface area contributed by atoms with Crippen molar-refractivity contribution in [3.63, 3.8) is 0 Å². The van der Waals surface area contributed by atoms with Crippen LogP contribution in [0.25, 0.3) is 0 Å². The summed E-state index contributed by atoms with van der Waals surface area (Å²) in [4.78, 5) is 0. The maximum Gasteiger partial charge on any atom is 0.165 e. The van der Waals surface area contributed by atoms with Gasteiger partial charge in [0.25, 0.3) is 0 Å². The van der Waals surface area contributed by atoms with Gasteiger partial charge in [-0.2, -0.15) is 0 Å². The minimum absolute atomic E-state index is 0.202. The summed E-state index contributed by atoms with van der Waals surface area (Å²) in [6.45, 7) is 2.86. The molecule has 1 saturated heterocycles. The fourth-order valence-corrected chi connectivity index (χ4v) is 2.70. The van der Waals surface area contributed by atoms with E-state index in [1.165, 1.54) is 25.7 Å². The number of nitrogens with one attached hydrogen (secondary N) is 1. The fourth-order valence-electron chi connectivity index (χ4n) is 2.70. The predicted molar refractivity (Wildman–Crippen MR) is 73.9 cm³/mol. The molecular weight excluding hydrogens is 241 g/mol. The van der Waals surface area contributed by atoms with Gasteiger partial charge in [0.2, 0.25) is 0 Å². The minimum atomic E-state index is -0.202. The highest BCUT2D eigenvalue weighted by Gasteiger charge is 2.22. The van der Waals surface area contributed by atoms with Gasteiger partial charge >= 0.3 is 0 Å². The quantitative estimate of drug-likeness (QED) is 0.881. The summed E-state index contributed by atoms with van der Waals surface area (Å²) in [5.41, 5.74) is 1.10. The maximum absolute atomic E-state index is 13.9. The van der Waals surface area contributed by atoms with Crippen LogP contribution in [0, 0.1) is 17.7 Å². The molecule has 1 N–H and O–H groups in total. The summed E-state index contributed by atoms with van der Waals surface area (Å²) in [6, 6.07) is 5.48. The van der Waals surface area contributed by atoms with Crippen molar-refractivity contribution in [2.24, 2.45) is 11.8 Å². The lowest BCUT2D eigenvalue weighted by atomic mass is 9.91. The highest BCUT2D eigenvalue weighted by Crippen LogP contribution is 2.30. The first kappa shape index (κ1) is 12.9. The van der Waals surface area contributed by atoms with E-state index in [4.69, 9.17) is 4.74 Å². The molecule has 0 spiro atoms. The molecule has 2 aliphatic rings. The highest BCUT2D eigenvalue weighted by molar-refractivity contribution is 5.29. The molecule has 1 aromatic rings. The van der Waals surface area contributed by atoms with E-state index in [0.29, 0.717) is 24.2 Å². The molecule has 2 fully saturated rings. The molecule has 1 aromatic carbocycles. The van der Waals surface area contributed by atoms with Crippen LogP contribution in [0.1, 0.15) is 31.2 Å². The Morgan fingerprint density at radius 2 is 1.89 bits per heavy atom. The van der Waals surface area contributed by atoms with Crippen LogP contribution >= 0.6 is 0 Å². The molecule has 104 valence electrons. The van der Waals surface area contributed by atoms with Gasteiger partial charge in [-0.3, -0.25) is 0 Å². The van der Waals surface area contributed by atoms with Crippen LogP contribution in [0.2, 0.25) is 0 Å². The van der Waals surface area contributed by atoms with Crippen molar-refractivity contribution >= 4 is 0 Å². The molecule has 0 radical (unpaired) electrons. The molecule has 1 aliphatic carbocycles. The Bertz CT molecular complexity index is 425. The number of piperidine rings is 1. The number of ether oxygens (including phenoxy) is 1. The Hall–Kier alpha value is -1.09. The second-order valence-electron chi connectivity index (χ2n) is 5.92. The molecular formula is C16H22FNO. The van der Waals surface area contributed by atoms with Gasteiger partial charge in [0, 0.05) is 0 Å². The van der Waals surface area contributed by atoms with E-state index in [-0.39, 0.29) is 5.82 Å². The normalized spacial score (nSPS) is 20.5. The van der Waals surface area contributed by atoms with Crippen molar-refractivity contribution in [2.45, 2.75) is 32.1 Å². The molecule has 3 heteroatoms. The first-order valence-electron chi connectivity index (χ1n) is 7.43. The van der Waals surface area contributed by atoms with Gasteiger partial charge in [0.1, 0.15) is 0 Å². The summed E-state index contributed by atoms with van der Waals surface area (Å²) < 4.78 is 19.5. The van der Waals surface area contributed by atoms with Crippen molar-refractivity contribution in [3.05, 3.63) is 29.6 Å². The van der Waals surface area contributed by atoms with Crippen molar-refractivity contribution < 1.29 is 9.13 Å². The predicted octanol–water partition coefficient (Wildman–Crippen LogP) is 3.16. The van der Waals surface area contributed by atoms with E-state index in [0.717, 1.165) is 25.1 Å².